The van der Waals surface area contributed by atoms with E-state index in [1.54, 1.807) is 18.2 Å². The Morgan fingerprint density at radius 2 is 1.67 bits per heavy atom. The minimum Gasteiger partial charge on any atom is -0.382 e. The van der Waals surface area contributed by atoms with Crippen molar-refractivity contribution in [1.29, 1.82) is 0 Å². The Morgan fingerprint density at radius 3 is 2.29 bits per heavy atom. The van der Waals surface area contributed by atoms with Crippen molar-refractivity contribution < 1.29 is 13.9 Å². The fraction of sp³-hybridized carbons (Fsp3) is 0.556. The summed E-state index contributed by atoms with van der Waals surface area (Å²) in [7, 11) is 0. The molecule has 1 aromatic carbocycles. The van der Waals surface area contributed by atoms with Crippen LogP contribution < -0.4 is 0 Å². The van der Waals surface area contributed by atoms with E-state index in [4.69, 9.17) is 0 Å². The SMILES string of the molecule is C=C(CCCCCCCC)C(F)(F)C(O)c1ccccc1. The third-order valence-electron chi connectivity index (χ3n) is 3.76. The third kappa shape index (κ3) is 5.58. The molecule has 0 aliphatic carbocycles. The molecule has 1 atom stereocenters. The lowest BCUT2D eigenvalue weighted by Crippen LogP contribution is -2.28. The van der Waals surface area contributed by atoms with Gasteiger partial charge in [0.2, 0.25) is 0 Å². The number of halogens is 2. The highest BCUT2D eigenvalue weighted by atomic mass is 19.3. The van der Waals surface area contributed by atoms with Crippen molar-refractivity contribution in [3.8, 4) is 0 Å². The van der Waals surface area contributed by atoms with E-state index in [1.165, 1.54) is 25.0 Å². The molecule has 0 saturated heterocycles. The van der Waals surface area contributed by atoms with Gasteiger partial charge in [0.15, 0.2) is 0 Å². The lowest BCUT2D eigenvalue weighted by Gasteiger charge is -2.25. The summed E-state index contributed by atoms with van der Waals surface area (Å²) in [6.07, 6.45) is 4.71. The Labute approximate surface area is 126 Å². The number of hydrogen-bond acceptors (Lipinski definition) is 1. The van der Waals surface area contributed by atoms with Gasteiger partial charge in [0.25, 0.3) is 5.92 Å². The van der Waals surface area contributed by atoms with Crippen molar-refractivity contribution in [2.24, 2.45) is 0 Å². The third-order valence-corrected chi connectivity index (χ3v) is 3.76. The van der Waals surface area contributed by atoms with Crippen LogP contribution in [0.15, 0.2) is 42.5 Å². The molecule has 0 fully saturated rings. The Morgan fingerprint density at radius 1 is 1.10 bits per heavy atom. The number of aliphatic hydroxyl groups is 1. The largest absolute Gasteiger partial charge is 0.382 e. The summed E-state index contributed by atoms with van der Waals surface area (Å²) in [5.74, 6) is -3.27. The Kier molecular flexibility index (Phi) is 7.58. The van der Waals surface area contributed by atoms with Crippen LogP contribution in [-0.4, -0.2) is 11.0 Å². The van der Waals surface area contributed by atoms with Gasteiger partial charge in [-0.2, -0.15) is 8.78 Å². The molecule has 3 heteroatoms. The first kappa shape index (κ1) is 17.8. The minimum atomic E-state index is -3.27. The Hall–Kier alpha value is -1.22. The van der Waals surface area contributed by atoms with E-state index in [2.05, 4.69) is 13.5 Å². The Balaban J connectivity index is 2.44. The molecule has 0 heterocycles. The van der Waals surface area contributed by atoms with Gasteiger partial charge in [0.05, 0.1) is 0 Å². The summed E-state index contributed by atoms with van der Waals surface area (Å²) in [5.41, 5.74) is 0.0564. The second-order valence-corrected chi connectivity index (χ2v) is 5.56. The average Bonchev–Trinajstić information content (AvgIpc) is 2.50. The first-order chi connectivity index (χ1) is 10.00. The number of aliphatic hydroxyl groups excluding tert-OH is 1. The van der Waals surface area contributed by atoms with Crippen LogP contribution in [0.3, 0.4) is 0 Å². The number of alkyl halides is 2. The van der Waals surface area contributed by atoms with Gasteiger partial charge in [-0.05, 0) is 24.0 Å². The van der Waals surface area contributed by atoms with Crippen molar-refractivity contribution in [1.82, 2.24) is 0 Å². The maximum absolute atomic E-state index is 14.2. The van der Waals surface area contributed by atoms with Gasteiger partial charge in [-0.15, -0.1) is 0 Å². The van der Waals surface area contributed by atoms with Crippen LogP contribution in [0.4, 0.5) is 8.78 Å². The topological polar surface area (TPSA) is 20.2 Å². The Bertz CT molecular complexity index is 414. The molecule has 0 aliphatic heterocycles. The zero-order chi connectivity index (χ0) is 15.7. The number of hydrogen-bond donors (Lipinski definition) is 1. The zero-order valence-corrected chi connectivity index (χ0v) is 12.8. The summed E-state index contributed by atoms with van der Waals surface area (Å²) in [5, 5.41) is 9.88. The number of unbranched alkanes of at least 4 members (excludes halogenated alkanes) is 5. The first-order valence-corrected chi connectivity index (χ1v) is 7.79. The summed E-state index contributed by atoms with van der Waals surface area (Å²) >= 11 is 0. The van der Waals surface area contributed by atoms with E-state index in [-0.39, 0.29) is 17.6 Å². The van der Waals surface area contributed by atoms with Crippen LogP contribution in [-0.2, 0) is 0 Å². The lowest BCUT2D eigenvalue weighted by atomic mass is 9.94. The molecule has 1 rings (SSSR count). The standard InChI is InChI=1S/C18H26F2O/c1-3-4-5-6-7-9-12-15(2)18(19,20)17(21)16-13-10-8-11-14-16/h8,10-11,13-14,17,21H,2-7,9,12H2,1H3. The predicted molar refractivity (Wildman–Crippen MR) is 83.5 cm³/mol. The second kappa shape index (κ2) is 8.93. The molecular formula is C18H26F2O. The van der Waals surface area contributed by atoms with Crippen LogP contribution in [0, 0.1) is 0 Å². The van der Waals surface area contributed by atoms with Gasteiger partial charge in [0.1, 0.15) is 6.10 Å². The van der Waals surface area contributed by atoms with Crippen molar-refractivity contribution in [2.45, 2.75) is 63.9 Å². The van der Waals surface area contributed by atoms with E-state index >= 15 is 0 Å². The van der Waals surface area contributed by atoms with Crippen molar-refractivity contribution in [3.05, 3.63) is 48.0 Å². The van der Waals surface area contributed by atoms with Gasteiger partial charge in [0, 0.05) is 0 Å². The molecule has 1 unspecified atom stereocenters. The molecule has 1 nitrogen and oxygen atoms in total. The molecule has 0 radical (unpaired) electrons. The molecular weight excluding hydrogens is 270 g/mol. The van der Waals surface area contributed by atoms with Crippen LogP contribution in [0.1, 0.15) is 63.5 Å². The molecule has 21 heavy (non-hydrogen) atoms. The zero-order valence-electron chi connectivity index (χ0n) is 12.8. The van der Waals surface area contributed by atoms with Gasteiger partial charge < -0.3 is 5.11 Å². The molecule has 0 bridgehead atoms. The van der Waals surface area contributed by atoms with E-state index in [1.807, 2.05) is 0 Å². The normalized spacial score (nSPS) is 13.1. The van der Waals surface area contributed by atoms with E-state index in [0.717, 1.165) is 19.3 Å². The molecule has 0 saturated carbocycles. The highest BCUT2D eigenvalue weighted by Gasteiger charge is 2.41. The second-order valence-electron chi connectivity index (χ2n) is 5.56. The molecule has 0 amide bonds. The monoisotopic (exact) mass is 296 g/mol. The molecule has 1 aromatic rings. The highest BCUT2D eigenvalue weighted by molar-refractivity contribution is 5.24. The molecule has 118 valence electrons. The average molecular weight is 296 g/mol. The lowest BCUT2D eigenvalue weighted by molar-refractivity contribution is -0.0825. The maximum atomic E-state index is 14.2. The summed E-state index contributed by atoms with van der Waals surface area (Å²) in [6.45, 7) is 5.64. The maximum Gasteiger partial charge on any atom is 0.298 e. The quantitative estimate of drug-likeness (QED) is 0.436. The minimum absolute atomic E-state index is 0.172. The van der Waals surface area contributed by atoms with Crippen molar-refractivity contribution in [2.75, 3.05) is 0 Å². The van der Waals surface area contributed by atoms with Crippen molar-refractivity contribution in [3.63, 3.8) is 0 Å². The molecule has 0 aliphatic rings. The predicted octanol–water partition coefficient (Wildman–Crippen LogP) is 5.66. The fourth-order valence-electron chi connectivity index (χ4n) is 2.32. The van der Waals surface area contributed by atoms with Crippen LogP contribution >= 0.6 is 0 Å². The number of rotatable bonds is 10. The van der Waals surface area contributed by atoms with Gasteiger partial charge in [-0.25, -0.2) is 0 Å². The van der Waals surface area contributed by atoms with E-state index < -0.39 is 12.0 Å². The highest BCUT2D eigenvalue weighted by Crippen LogP contribution is 2.38. The number of benzene rings is 1. The summed E-state index contributed by atoms with van der Waals surface area (Å²) in [4.78, 5) is 0. The first-order valence-electron chi connectivity index (χ1n) is 7.79. The van der Waals surface area contributed by atoms with E-state index in [0.29, 0.717) is 6.42 Å². The van der Waals surface area contributed by atoms with Gasteiger partial charge in [-0.3, -0.25) is 0 Å². The van der Waals surface area contributed by atoms with Crippen LogP contribution in [0.25, 0.3) is 0 Å². The molecule has 0 spiro atoms. The van der Waals surface area contributed by atoms with Crippen LogP contribution in [0.5, 0.6) is 0 Å². The fourth-order valence-corrected chi connectivity index (χ4v) is 2.32. The van der Waals surface area contributed by atoms with Crippen LogP contribution in [0.2, 0.25) is 0 Å². The summed E-state index contributed by atoms with van der Waals surface area (Å²) in [6, 6.07) is 8.04. The summed E-state index contributed by atoms with van der Waals surface area (Å²) < 4.78 is 28.4. The van der Waals surface area contributed by atoms with E-state index in [9.17, 15) is 13.9 Å². The molecule has 1 N–H and O–H groups in total. The molecule has 0 aromatic heterocycles. The van der Waals surface area contributed by atoms with Gasteiger partial charge >= 0.3 is 0 Å². The van der Waals surface area contributed by atoms with Crippen molar-refractivity contribution >= 4 is 0 Å². The smallest absolute Gasteiger partial charge is 0.298 e. The van der Waals surface area contributed by atoms with Gasteiger partial charge in [-0.1, -0.05) is 75.9 Å².